The lowest BCUT2D eigenvalue weighted by Gasteiger charge is -2.17. The number of imidazole rings is 1. The Labute approximate surface area is 235 Å². The SMILES string of the molecule is Cc1ccnc([C@H]2C[C@@H]2C(=O)Nc2cc(NCc3cn4cc(C5CC5)cc(N5CC(=O)N(C)C5=O)c4n3)ncn2)c1. The van der Waals surface area contributed by atoms with Crippen LogP contribution in [0.2, 0.25) is 0 Å². The van der Waals surface area contributed by atoms with Crippen LogP contribution in [0.15, 0.2) is 49.2 Å². The Morgan fingerprint density at radius 2 is 1.90 bits per heavy atom. The number of likely N-dealkylation sites (N-methyl/N-ethyl adjacent to an activating group) is 1. The fourth-order valence-electron chi connectivity index (χ4n) is 5.36. The van der Waals surface area contributed by atoms with E-state index in [1.54, 1.807) is 12.3 Å². The van der Waals surface area contributed by atoms with E-state index in [2.05, 4.69) is 31.8 Å². The lowest BCUT2D eigenvalue weighted by molar-refractivity contribution is -0.124. The van der Waals surface area contributed by atoms with Crippen molar-refractivity contribution in [2.45, 2.75) is 44.6 Å². The van der Waals surface area contributed by atoms with Crippen LogP contribution in [0.1, 0.15) is 53.6 Å². The minimum atomic E-state index is -0.351. The van der Waals surface area contributed by atoms with E-state index in [0.717, 1.165) is 46.7 Å². The number of imide groups is 1. The van der Waals surface area contributed by atoms with Gasteiger partial charge in [0.1, 0.15) is 24.5 Å². The first kappa shape index (κ1) is 25.1. The Kier molecular flexibility index (Phi) is 5.91. The van der Waals surface area contributed by atoms with Crippen molar-refractivity contribution < 1.29 is 14.4 Å². The molecule has 1 saturated heterocycles. The molecule has 0 aromatic carbocycles. The molecule has 12 heteroatoms. The third kappa shape index (κ3) is 4.85. The van der Waals surface area contributed by atoms with Crippen LogP contribution >= 0.6 is 0 Å². The largest absolute Gasteiger partial charge is 0.364 e. The number of aryl methyl sites for hydroxylation is 1. The van der Waals surface area contributed by atoms with Gasteiger partial charge in [-0.15, -0.1) is 0 Å². The fraction of sp³-hybridized carbons (Fsp3) is 0.345. The molecule has 41 heavy (non-hydrogen) atoms. The summed E-state index contributed by atoms with van der Waals surface area (Å²) in [6.45, 7) is 2.38. The molecule has 12 nitrogen and oxygen atoms in total. The van der Waals surface area contributed by atoms with Crippen LogP contribution in [0.3, 0.4) is 0 Å². The second-order valence-corrected chi connectivity index (χ2v) is 11.1. The zero-order valence-corrected chi connectivity index (χ0v) is 22.7. The van der Waals surface area contributed by atoms with Crippen LogP contribution < -0.4 is 15.5 Å². The highest BCUT2D eigenvalue weighted by Crippen LogP contribution is 2.47. The average Bonchev–Trinajstić information content (AvgIpc) is 3.89. The van der Waals surface area contributed by atoms with Crippen molar-refractivity contribution in [3.8, 4) is 0 Å². The van der Waals surface area contributed by atoms with Gasteiger partial charge in [-0.3, -0.25) is 24.4 Å². The Hall–Kier alpha value is -4.87. The van der Waals surface area contributed by atoms with Gasteiger partial charge in [0.25, 0.3) is 0 Å². The maximum atomic E-state index is 12.8. The Bertz CT molecular complexity index is 1710. The number of carbonyl (C=O) groups is 3. The third-order valence-corrected chi connectivity index (χ3v) is 7.94. The number of fused-ring (bicyclic) bond motifs is 1. The molecular weight excluding hydrogens is 522 g/mol. The predicted molar refractivity (Wildman–Crippen MR) is 150 cm³/mol. The van der Waals surface area contributed by atoms with Crippen molar-refractivity contribution in [3.05, 3.63) is 71.7 Å². The highest BCUT2D eigenvalue weighted by atomic mass is 16.2. The second-order valence-electron chi connectivity index (χ2n) is 11.1. The minimum Gasteiger partial charge on any atom is -0.364 e. The summed E-state index contributed by atoms with van der Waals surface area (Å²) in [6.07, 6.45) is 10.1. The van der Waals surface area contributed by atoms with Crippen LogP contribution in [0.5, 0.6) is 0 Å². The monoisotopic (exact) mass is 551 g/mol. The summed E-state index contributed by atoms with van der Waals surface area (Å²) in [7, 11) is 1.50. The van der Waals surface area contributed by atoms with Gasteiger partial charge in [0.05, 0.1) is 17.9 Å². The molecule has 4 aromatic rings. The molecule has 5 heterocycles. The van der Waals surface area contributed by atoms with Crippen molar-refractivity contribution in [2.24, 2.45) is 5.92 Å². The highest BCUT2D eigenvalue weighted by Gasteiger charge is 2.45. The number of pyridine rings is 2. The van der Waals surface area contributed by atoms with Crippen molar-refractivity contribution in [2.75, 3.05) is 29.1 Å². The molecule has 2 atom stereocenters. The molecule has 208 valence electrons. The zero-order valence-electron chi connectivity index (χ0n) is 22.7. The number of urea groups is 1. The Balaban J connectivity index is 1.05. The second kappa shape index (κ2) is 9.65. The normalized spacial score (nSPS) is 20.1. The van der Waals surface area contributed by atoms with Gasteiger partial charge < -0.3 is 15.0 Å². The molecule has 2 N–H and O–H groups in total. The van der Waals surface area contributed by atoms with Gasteiger partial charge in [0.15, 0.2) is 5.65 Å². The van der Waals surface area contributed by atoms with Crippen molar-refractivity contribution in [3.63, 3.8) is 0 Å². The van der Waals surface area contributed by atoms with Gasteiger partial charge in [-0.05, 0) is 61.4 Å². The first-order valence-electron chi connectivity index (χ1n) is 13.7. The quantitative estimate of drug-likeness (QED) is 0.318. The topological polar surface area (TPSA) is 138 Å². The van der Waals surface area contributed by atoms with Gasteiger partial charge in [-0.2, -0.15) is 0 Å². The summed E-state index contributed by atoms with van der Waals surface area (Å²) in [5.74, 6) is 1.10. The van der Waals surface area contributed by atoms with Crippen LogP contribution in [-0.4, -0.2) is 60.7 Å². The van der Waals surface area contributed by atoms with Crippen LogP contribution in [0.25, 0.3) is 5.65 Å². The molecule has 3 fully saturated rings. The smallest absolute Gasteiger partial charge is 0.331 e. The first-order chi connectivity index (χ1) is 19.8. The van der Waals surface area contributed by atoms with E-state index in [-0.39, 0.29) is 36.2 Å². The molecule has 0 unspecified atom stereocenters. The predicted octanol–water partition coefficient (Wildman–Crippen LogP) is 3.46. The Morgan fingerprint density at radius 1 is 1.07 bits per heavy atom. The maximum Gasteiger partial charge on any atom is 0.331 e. The van der Waals surface area contributed by atoms with Crippen LogP contribution in [-0.2, 0) is 16.1 Å². The van der Waals surface area contributed by atoms with E-state index in [0.29, 0.717) is 35.4 Å². The minimum absolute atomic E-state index is 0.00189. The lowest BCUT2D eigenvalue weighted by atomic mass is 10.1. The molecule has 2 aliphatic carbocycles. The molecule has 7 rings (SSSR count). The van der Waals surface area contributed by atoms with Gasteiger partial charge in [-0.1, -0.05) is 0 Å². The van der Waals surface area contributed by atoms with E-state index in [9.17, 15) is 14.4 Å². The number of rotatable bonds is 8. The van der Waals surface area contributed by atoms with Crippen molar-refractivity contribution >= 4 is 40.8 Å². The van der Waals surface area contributed by atoms with E-state index >= 15 is 0 Å². The van der Waals surface area contributed by atoms with Crippen molar-refractivity contribution in [1.82, 2.24) is 29.2 Å². The number of anilines is 3. The molecule has 0 spiro atoms. The first-order valence-corrected chi connectivity index (χ1v) is 13.7. The Morgan fingerprint density at radius 3 is 2.66 bits per heavy atom. The van der Waals surface area contributed by atoms with Gasteiger partial charge in [0, 0.05) is 49.2 Å². The summed E-state index contributed by atoms with van der Waals surface area (Å²) >= 11 is 0. The fourth-order valence-corrected chi connectivity index (χ4v) is 5.36. The molecule has 3 aliphatic rings. The molecule has 4 amide bonds. The van der Waals surface area contributed by atoms with Crippen LogP contribution in [0, 0.1) is 12.8 Å². The van der Waals surface area contributed by atoms with E-state index in [1.165, 1.54) is 18.3 Å². The molecule has 1 aliphatic heterocycles. The highest BCUT2D eigenvalue weighted by molar-refractivity contribution is 6.13. The van der Waals surface area contributed by atoms with Gasteiger partial charge in [0.2, 0.25) is 11.8 Å². The van der Waals surface area contributed by atoms with Gasteiger partial charge >= 0.3 is 6.03 Å². The van der Waals surface area contributed by atoms with E-state index < -0.39 is 0 Å². The summed E-state index contributed by atoms with van der Waals surface area (Å²) < 4.78 is 1.93. The average molecular weight is 552 g/mol. The van der Waals surface area contributed by atoms with E-state index in [1.807, 2.05) is 35.7 Å². The zero-order chi connectivity index (χ0) is 28.2. The standard InChI is InChI=1S/C29H29N9O3/c1-16-5-6-30-22(7-16)20-9-21(20)28(40)35-25-10-24(32-15-33-25)31-11-19-13-37-12-18(17-3-4-17)8-23(27(37)34-19)38-14-26(39)36(2)29(38)41/h5-8,10,12-13,15,17,20-21H,3-4,9,11,14H2,1-2H3,(H2,31,32,33,35,40)/t20-,21-/m0/s1. The number of hydrogen-bond donors (Lipinski definition) is 2. The molecular formula is C29H29N9O3. The van der Waals surface area contributed by atoms with Gasteiger partial charge in [-0.25, -0.2) is 19.7 Å². The number of hydrogen-bond acceptors (Lipinski definition) is 8. The van der Waals surface area contributed by atoms with Crippen molar-refractivity contribution in [1.29, 1.82) is 0 Å². The summed E-state index contributed by atoms with van der Waals surface area (Å²) in [4.78, 5) is 58.1. The summed E-state index contributed by atoms with van der Waals surface area (Å²) in [5.41, 5.74) is 5.19. The number of nitrogens with zero attached hydrogens (tertiary/aromatic N) is 7. The lowest BCUT2D eigenvalue weighted by Crippen LogP contribution is -2.30. The molecule has 4 aromatic heterocycles. The number of nitrogens with one attached hydrogen (secondary N) is 2. The molecule has 2 saturated carbocycles. The molecule has 0 radical (unpaired) electrons. The summed E-state index contributed by atoms with van der Waals surface area (Å²) in [5, 5.41) is 6.16. The number of aromatic nitrogens is 5. The number of carbonyl (C=O) groups excluding carboxylic acids is 3. The van der Waals surface area contributed by atoms with E-state index in [4.69, 9.17) is 4.98 Å². The summed E-state index contributed by atoms with van der Waals surface area (Å²) in [6, 6.07) is 7.30. The maximum absolute atomic E-state index is 12.8. The third-order valence-electron chi connectivity index (χ3n) is 7.94. The number of amides is 4. The van der Waals surface area contributed by atoms with Crippen LogP contribution in [0.4, 0.5) is 22.1 Å². The molecule has 0 bridgehead atoms.